The summed E-state index contributed by atoms with van der Waals surface area (Å²) in [5, 5.41) is 62.3. The summed E-state index contributed by atoms with van der Waals surface area (Å²) in [5.41, 5.74) is 4.27. The molecule has 2 bridgehead atoms. The van der Waals surface area contributed by atoms with Gasteiger partial charge in [0.25, 0.3) is 5.91 Å². The van der Waals surface area contributed by atoms with Crippen molar-refractivity contribution in [3.05, 3.63) is 84.5 Å². The standard InChI is InChI=1S/C59H78F3N15O14S/c60-59(61,62)58(75-76-58)39-7-11-41(12-8-39)74-73-40-9-5-37(6-10-40)53(82)72-44(55(84)67-20-19-65-47(79)15-22-87-24-26-89-28-29-90-27-25-88-23-21-68-54(83)42-32-36-3-4-38(42)31-36)13-14-46(78)64-17-1-2-18-66-51-48-52(70-34-69-51)77(35-71-48)56-50(81)49(80)45(91-56)33-92-30-16-43(63)57(85)86/h3-12,34-36,38,42-45,49-50,56,80-81H,1-2,13-33,63H2,(H,64,78)(H,65,79)(H,67,84)(H,68,83)(H,72,82)(H,85,86)(H,66,69,70)/t36?,38?,42?,43?,44-,45?,49?,50?,56?/m1/s1. The monoisotopic (exact) mass is 1310 g/mol. The van der Waals surface area contributed by atoms with E-state index in [9.17, 15) is 52.2 Å². The minimum Gasteiger partial charge on any atom is -0.480 e. The number of thioether (sulfide) groups is 1. The molecule has 2 aliphatic heterocycles. The van der Waals surface area contributed by atoms with Crippen LogP contribution in [0.3, 0.4) is 0 Å². The Bertz CT molecular complexity index is 3180. The van der Waals surface area contributed by atoms with E-state index in [1.54, 1.807) is 0 Å². The van der Waals surface area contributed by atoms with Gasteiger partial charge in [-0.3, -0.25) is 33.3 Å². The normalized spacial score (nSPS) is 20.9. The molecule has 4 aliphatic rings. The van der Waals surface area contributed by atoms with Crippen molar-refractivity contribution < 1.29 is 80.9 Å². The number of halogens is 3. The SMILES string of the molecule is NC(CCSCC1OC(n2cnc3c(NCCCCNC(=O)CC[C@@H](NC(=O)c4ccc(N=Nc5ccc(C6(C(F)(F)F)N=N6)cc5)cc4)C(=O)NCCNC(=O)CCOCCOCCOCCOCCNC(=O)C4CC5C=CC4C5)ncnc32)C(O)C1O)C(=O)O. The molecule has 8 unspecified atom stereocenters. The highest BCUT2D eigenvalue weighted by Crippen LogP contribution is 2.52. The third-order valence-electron chi connectivity index (χ3n) is 15.5. The Morgan fingerprint density at radius 1 is 0.739 bits per heavy atom. The molecule has 9 atom stereocenters. The summed E-state index contributed by atoms with van der Waals surface area (Å²) in [5.74, 6) is -0.898. The number of aliphatic hydroxyl groups excluding tert-OH is 2. The van der Waals surface area contributed by atoms with E-state index in [1.807, 2.05) is 0 Å². The van der Waals surface area contributed by atoms with Crippen molar-refractivity contribution in [1.29, 1.82) is 0 Å². The minimum atomic E-state index is -4.68. The molecule has 1 saturated carbocycles. The molecule has 11 N–H and O–H groups in total. The Morgan fingerprint density at radius 3 is 2.03 bits per heavy atom. The molecule has 4 aromatic rings. The van der Waals surface area contributed by atoms with E-state index in [2.05, 4.69) is 79.5 Å². The summed E-state index contributed by atoms with van der Waals surface area (Å²) >= 11 is 1.35. The smallest absolute Gasteiger partial charge is 0.442 e. The van der Waals surface area contributed by atoms with Gasteiger partial charge in [0.15, 0.2) is 23.2 Å². The highest BCUT2D eigenvalue weighted by atomic mass is 32.2. The number of benzene rings is 2. The number of rotatable bonds is 41. The van der Waals surface area contributed by atoms with Crippen molar-refractivity contribution in [1.82, 2.24) is 46.1 Å². The number of amides is 5. The number of hydrogen-bond donors (Lipinski definition) is 10. The molecule has 8 rings (SSSR count). The van der Waals surface area contributed by atoms with E-state index < -0.39 is 66.2 Å². The molecule has 4 heterocycles. The first-order valence-electron chi connectivity index (χ1n) is 30.4. The zero-order valence-electron chi connectivity index (χ0n) is 50.4. The van der Waals surface area contributed by atoms with Crippen molar-refractivity contribution in [2.45, 2.75) is 99.8 Å². The predicted molar refractivity (Wildman–Crippen MR) is 325 cm³/mol. The van der Waals surface area contributed by atoms with Gasteiger partial charge in [-0.1, -0.05) is 24.3 Å². The number of imidazole rings is 1. The van der Waals surface area contributed by atoms with Crippen LogP contribution >= 0.6 is 11.8 Å². The number of nitrogens with one attached hydrogen (secondary N) is 6. The Hall–Kier alpha value is -7.63. The lowest BCUT2D eigenvalue weighted by atomic mass is 9.93. The van der Waals surface area contributed by atoms with Crippen LogP contribution in [-0.4, -0.2) is 204 Å². The fourth-order valence-corrected chi connectivity index (χ4v) is 11.4. The second kappa shape index (κ2) is 34.9. The van der Waals surface area contributed by atoms with Crippen LogP contribution in [0.1, 0.15) is 73.5 Å². The second-order valence-corrected chi connectivity index (χ2v) is 23.3. The maximum Gasteiger partial charge on any atom is 0.442 e. The third-order valence-corrected chi connectivity index (χ3v) is 16.6. The average molecular weight is 1310 g/mol. The van der Waals surface area contributed by atoms with Gasteiger partial charge in [-0.15, -0.1) is 10.2 Å². The summed E-state index contributed by atoms with van der Waals surface area (Å²) in [6, 6.07) is 8.74. The lowest BCUT2D eigenvalue weighted by Gasteiger charge is -2.19. The number of allylic oxidation sites excluding steroid dienone is 2. The Balaban J connectivity index is 0.718. The number of alkyl halides is 3. The fourth-order valence-electron chi connectivity index (χ4n) is 10.3. The van der Waals surface area contributed by atoms with Crippen molar-refractivity contribution in [2.24, 2.45) is 43.9 Å². The molecule has 500 valence electrons. The molecule has 0 spiro atoms. The van der Waals surface area contributed by atoms with Crippen LogP contribution in [-0.2, 0) is 53.3 Å². The molecule has 2 fully saturated rings. The number of carboxylic acid groups (broad SMARTS) is 1. The predicted octanol–water partition coefficient (Wildman–Crippen LogP) is 3.48. The van der Waals surface area contributed by atoms with Gasteiger partial charge in [0.05, 0.1) is 76.7 Å². The maximum atomic E-state index is 13.6. The number of carboxylic acids is 1. The number of nitrogens with zero attached hydrogens (tertiary/aromatic N) is 8. The Morgan fingerprint density at radius 2 is 1.38 bits per heavy atom. The number of anilines is 1. The van der Waals surface area contributed by atoms with E-state index in [4.69, 9.17) is 34.5 Å². The van der Waals surface area contributed by atoms with Crippen LogP contribution < -0.4 is 37.6 Å². The molecule has 0 radical (unpaired) electrons. The van der Waals surface area contributed by atoms with Crippen molar-refractivity contribution in [2.75, 3.05) is 102 Å². The number of carbonyl (C=O) groups excluding carboxylic acids is 5. The first-order valence-corrected chi connectivity index (χ1v) is 31.6. The van der Waals surface area contributed by atoms with Gasteiger partial charge in [0.2, 0.25) is 23.6 Å². The van der Waals surface area contributed by atoms with Crippen LogP contribution in [0.25, 0.3) is 11.2 Å². The minimum absolute atomic E-state index is 0.00535. The van der Waals surface area contributed by atoms with E-state index in [0.717, 1.165) is 12.8 Å². The Labute approximate surface area is 531 Å². The summed E-state index contributed by atoms with van der Waals surface area (Å²) in [4.78, 5) is 89.3. The van der Waals surface area contributed by atoms with Crippen LogP contribution in [0.5, 0.6) is 0 Å². The number of fused-ring (bicyclic) bond motifs is 3. The molecular weight excluding hydrogens is 1230 g/mol. The first kappa shape index (κ1) is 70.2. The van der Waals surface area contributed by atoms with E-state index in [1.165, 1.54) is 77.5 Å². The summed E-state index contributed by atoms with van der Waals surface area (Å²) in [6.07, 6.45) is 1.27. The van der Waals surface area contributed by atoms with Gasteiger partial charge in [0, 0.05) is 68.4 Å². The summed E-state index contributed by atoms with van der Waals surface area (Å²) in [7, 11) is 0. The number of aliphatic hydroxyl groups is 2. The number of aliphatic carboxylic acids is 1. The number of azo groups is 1. The van der Waals surface area contributed by atoms with Gasteiger partial charge in [-0.05, 0) is 92.5 Å². The highest BCUT2D eigenvalue weighted by Gasteiger charge is 2.65. The molecule has 2 aromatic heterocycles. The van der Waals surface area contributed by atoms with Gasteiger partial charge >= 0.3 is 17.8 Å². The zero-order valence-corrected chi connectivity index (χ0v) is 51.2. The molecule has 29 nitrogen and oxygen atoms in total. The fraction of sp³-hybridized carbons (Fsp3) is 0.576. The summed E-state index contributed by atoms with van der Waals surface area (Å²) in [6.45, 7) is 3.75. The van der Waals surface area contributed by atoms with Crippen LogP contribution in [0, 0.1) is 17.8 Å². The molecule has 2 aromatic carbocycles. The number of nitrogens with two attached hydrogens (primary N) is 1. The molecule has 5 amide bonds. The maximum absolute atomic E-state index is 13.6. The topological polar surface area (TPSA) is 400 Å². The number of hydrogen-bond acceptors (Lipinski definition) is 23. The number of aromatic nitrogens is 4. The molecule has 2 aliphatic carbocycles. The summed E-state index contributed by atoms with van der Waals surface area (Å²) < 4.78 is 69.9. The Kier molecular flexibility index (Phi) is 26.6. The molecule has 1 saturated heterocycles. The zero-order chi connectivity index (χ0) is 65.5. The first-order chi connectivity index (χ1) is 44.4. The number of carbonyl (C=O) groups is 6. The average Bonchev–Trinajstić information content (AvgIpc) is 1.60. The van der Waals surface area contributed by atoms with Gasteiger partial charge in [-0.2, -0.15) is 35.2 Å². The largest absolute Gasteiger partial charge is 0.480 e. The second-order valence-electron chi connectivity index (χ2n) is 22.1. The molecular formula is C59H78F3N15O14S. The number of unbranched alkanes of at least 4 members (excludes halogenated alkanes) is 1. The van der Waals surface area contributed by atoms with Gasteiger partial charge in [0.1, 0.15) is 30.6 Å². The number of ether oxygens (including phenoxy) is 5. The van der Waals surface area contributed by atoms with Crippen molar-refractivity contribution >= 4 is 75.6 Å². The van der Waals surface area contributed by atoms with Crippen LogP contribution in [0.15, 0.2) is 93.8 Å². The lowest BCUT2D eigenvalue weighted by Crippen LogP contribution is -2.48. The van der Waals surface area contributed by atoms with Crippen LogP contribution in [0.2, 0.25) is 0 Å². The van der Waals surface area contributed by atoms with E-state index in [-0.39, 0.29) is 105 Å². The highest BCUT2D eigenvalue weighted by molar-refractivity contribution is 7.99. The van der Waals surface area contributed by atoms with E-state index >= 15 is 0 Å². The van der Waals surface area contributed by atoms with Gasteiger partial charge < -0.3 is 76.6 Å². The quantitative estimate of drug-likeness (QED) is 0.0173. The van der Waals surface area contributed by atoms with Gasteiger partial charge in [-0.25, -0.2) is 15.0 Å². The van der Waals surface area contributed by atoms with E-state index in [0.29, 0.717) is 106 Å². The molecule has 33 heteroatoms. The van der Waals surface area contributed by atoms with Crippen molar-refractivity contribution in [3.63, 3.8) is 0 Å². The third kappa shape index (κ3) is 20.4. The molecule has 92 heavy (non-hydrogen) atoms. The lowest BCUT2D eigenvalue weighted by molar-refractivity contribution is -0.166. The van der Waals surface area contributed by atoms with Crippen molar-refractivity contribution in [3.8, 4) is 0 Å². The van der Waals surface area contributed by atoms with Crippen LogP contribution in [0.4, 0.5) is 30.4 Å².